The van der Waals surface area contributed by atoms with Gasteiger partial charge in [-0.15, -0.1) is 0 Å². The summed E-state index contributed by atoms with van der Waals surface area (Å²) in [6, 6.07) is 6.10. The lowest BCUT2D eigenvalue weighted by Gasteiger charge is -2.19. The second-order valence-electron chi connectivity index (χ2n) is 5.45. The largest absolute Gasteiger partial charge is 0.486 e. The molecule has 0 spiro atoms. The summed E-state index contributed by atoms with van der Waals surface area (Å²) in [6.07, 6.45) is 2.22. The fourth-order valence-corrected chi connectivity index (χ4v) is 2.19. The SMILES string of the molecule is COCCNCC(=Cc1ccc2c(c1)OCCO2)C(C)C. The molecule has 0 aromatic heterocycles. The monoisotopic (exact) mass is 291 g/mol. The molecule has 0 amide bonds. The molecule has 21 heavy (non-hydrogen) atoms. The summed E-state index contributed by atoms with van der Waals surface area (Å²) in [5.41, 5.74) is 2.51. The molecule has 1 aromatic rings. The summed E-state index contributed by atoms with van der Waals surface area (Å²) >= 11 is 0. The molecule has 0 fully saturated rings. The number of hydrogen-bond donors (Lipinski definition) is 1. The lowest BCUT2D eigenvalue weighted by molar-refractivity contribution is 0.171. The first-order valence-electron chi connectivity index (χ1n) is 7.50. The average molecular weight is 291 g/mol. The van der Waals surface area contributed by atoms with Gasteiger partial charge in [-0.2, -0.15) is 0 Å². The van der Waals surface area contributed by atoms with Gasteiger partial charge in [0.2, 0.25) is 0 Å². The second kappa shape index (κ2) is 8.05. The Morgan fingerprint density at radius 1 is 1.29 bits per heavy atom. The summed E-state index contributed by atoms with van der Waals surface area (Å²) in [6.45, 7) is 8.13. The van der Waals surface area contributed by atoms with Crippen molar-refractivity contribution in [3.63, 3.8) is 0 Å². The zero-order valence-electron chi connectivity index (χ0n) is 13.1. The number of fused-ring (bicyclic) bond motifs is 1. The summed E-state index contributed by atoms with van der Waals surface area (Å²) < 4.78 is 16.2. The van der Waals surface area contributed by atoms with E-state index in [1.54, 1.807) is 7.11 Å². The van der Waals surface area contributed by atoms with Gasteiger partial charge in [0.1, 0.15) is 13.2 Å². The molecule has 1 heterocycles. The van der Waals surface area contributed by atoms with Gasteiger partial charge in [-0.1, -0.05) is 31.6 Å². The van der Waals surface area contributed by atoms with Gasteiger partial charge in [0, 0.05) is 20.2 Å². The van der Waals surface area contributed by atoms with Gasteiger partial charge in [-0.05, 0) is 23.6 Å². The Morgan fingerprint density at radius 3 is 2.76 bits per heavy atom. The van der Waals surface area contributed by atoms with Gasteiger partial charge < -0.3 is 19.5 Å². The quantitative estimate of drug-likeness (QED) is 0.784. The van der Waals surface area contributed by atoms with E-state index in [0.29, 0.717) is 19.1 Å². The van der Waals surface area contributed by atoms with Crippen molar-refractivity contribution in [2.75, 3.05) is 40.0 Å². The Bertz CT molecular complexity index is 483. The predicted octanol–water partition coefficient (Wildman–Crippen LogP) is 2.73. The molecule has 1 aromatic carbocycles. The Balaban J connectivity index is 2.06. The van der Waals surface area contributed by atoms with E-state index < -0.39 is 0 Å². The highest BCUT2D eigenvalue weighted by atomic mass is 16.6. The lowest BCUT2D eigenvalue weighted by atomic mass is 10.00. The van der Waals surface area contributed by atoms with Crippen molar-refractivity contribution in [3.05, 3.63) is 29.3 Å². The van der Waals surface area contributed by atoms with E-state index in [-0.39, 0.29) is 0 Å². The van der Waals surface area contributed by atoms with Gasteiger partial charge >= 0.3 is 0 Å². The van der Waals surface area contributed by atoms with E-state index >= 15 is 0 Å². The third-order valence-corrected chi connectivity index (χ3v) is 3.47. The molecule has 2 rings (SSSR count). The molecule has 0 saturated carbocycles. The minimum Gasteiger partial charge on any atom is -0.486 e. The van der Waals surface area contributed by atoms with Gasteiger partial charge in [-0.25, -0.2) is 0 Å². The van der Waals surface area contributed by atoms with Gasteiger partial charge in [0.05, 0.1) is 6.61 Å². The van der Waals surface area contributed by atoms with Crippen LogP contribution < -0.4 is 14.8 Å². The van der Waals surface area contributed by atoms with E-state index in [1.165, 1.54) is 5.57 Å². The van der Waals surface area contributed by atoms with E-state index in [2.05, 4.69) is 31.3 Å². The number of benzene rings is 1. The Hall–Kier alpha value is -1.52. The maximum Gasteiger partial charge on any atom is 0.161 e. The highest BCUT2D eigenvalue weighted by Crippen LogP contribution is 2.31. The van der Waals surface area contributed by atoms with E-state index in [0.717, 1.165) is 36.8 Å². The first-order chi connectivity index (χ1) is 10.2. The van der Waals surface area contributed by atoms with Crippen molar-refractivity contribution < 1.29 is 14.2 Å². The molecule has 0 atom stereocenters. The second-order valence-corrected chi connectivity index (χ2v) is 5.45. The third-order valence-electron chi connectivity index (χ3n) is 3.47. The number of rotatable bonds is 7. The van der Waals surface area contributed by atoms with E-state index in [1.807, 2.05) is 12.1 Å². The van der Waals surface area contributed by atoms with E-state index in [9.17, 15) is 0 Å². The first kappa shape index (κ1) is 15.9. The van der Waals surface area contributed by atoms with Crippen molar-refractivity contribution in [1.29, 1.82) is 0 Å². The molecule has 1 N–H and O–H groups in total. The van der Waals surface area contributed by atoms with Crippen molar-refractivity contribution in [2.24, 2.45) is 5.92 Å². The summed E-state index contributed by atoms with van der Waals surface area (Å²) in [5, 5.41) is 3.40. The highest BCUT2D eigenvalue weighted by molar-refractivity contribution is 5.59. The van der Waals surface area contributed by atoms with Crippen LogP contribution in [0.3, 0.4) is 0 Å². The molecular weight excluding hydrogens is 266 g/mol. The summed E-state index contributed by atoms with van der Waals surface area (Å²) in [4.78, 5) is 0. The van der Waals surface area contributed by atoms with Crippen molar-refractivity contribution in [3.8, 4) is 11.5 Å². The fourth-order valence-electron chi connectivity index (χ4n) is 2.19. The average Bonchev–Trinajstić information content (AvgIpc) is 2.50. The highest BCUT2D eigenvalue weighted by Gasteiger charge is 2.11. The molecule has 0 radical (unpaired) electrons. The Morgan fingerprint density at radius 2 is 2.05 bits per heavy atom. The zero-order chi connectivity index (χ0) is 15.1. The van der Waals surface area contributed by atoms with Crippen LogP contribution in [0.1, 0.15) is 19.4 Å². The normalized spacial score (nSPS) is 14.6. The smallest absolute Gasteiger partial charge is 0.161 e. The minimum absolute atomic E-state index is 0.494. The maximum atomic E-state index is 5.63. The van der Waals surface area contributed by atoms with Crippen LogP contribution in [0.25, 0.3) is 6.08 Å². The van der Waals surface area contributed by atoms with Crippen molar-refractivity contribution in [1.82, 2.24) is 5.32 Å². The Labute approximate surface area is 127 Å². The molecule has 116 valence electrons. The summed E-state index contributed by atoms with van der Waals surface area (Å²) in [7, 11) is 1.72. The van der Waals surface area contributed by atoms with Crippen molar-refractivity contribution in [2.45, 2.75) is 13.8 Å². The number of ether oxygens (including phenoxy) is 3. The van der Waals surface area contributed by atoms with Gasteiger partial charge in [-0.3, -0.25) is 0 Å². The van der Waals surface area contributed by atoms with Crippen LogP contribution in [0.15, 0.2) is 23.8 Å². The lowest BCUT2D eigenvalue weighted by Crippen LogP contribution is -2.23. The molecule has 0 aliphatic carbocycles. The molecule has 0 saturated heterocycles. The summed E-state index contributed by atoms with van der Waals surface area (Å²) in [5.74, 6) is 2.17. The van der Waals surface area contributed by atoms with Crippen LogP contribution >= 0.6 is 0 Å². The maximum absolute atomic E-state index is 5.63. The van der Waals surface area contributed by atoms with Crippen LogP contribution in [0, 0.1) is 5.92 Å². The topological polar surface area (TPSA) is 39.7 Å². The number of hydrogen-bond acceptors (Lipinski definition) is 4. The fraction of sp³-hybridized carbons (Fsp3) is 0.529. The first-order valence-corrected chi connectivity index (χ1v) is 7.50. The molecule has 4 heteroatoms. The van der Waals surface area contributed by atoms with Crippen LogP contribution in [0.2, 0.25) is 0 Å². The molecule has 1 aliphatic heterocycles. The predicted molar refractivity (Wildman–Crippen MR) is 85.0 cm³/mol. The number of methoxy groups -OCH3 is 1. The molecule has 1 aliphatic rings. The standard InChI is InChI=1S/C17H25NO3/c1-13(2)15(12-18-6-7-19-3)10-14-4-5-16-17(11-14)21-9-8-20-16/h4-5,10-11,13,18H,6-9,12H2,1-3H3. The minimum atomic E-state index is 0.494. The molecule has 0 bridgehead atoms. The van der Waals surface area contributed by atoms with Gasteiger partial charge in [0.25, 0.3) is 0 Å². The molecule has 4 nitrogen and oxygen atoms in total. The van der Waals surface area contributed by atoms with Crippen LogP contribution in [0.4, 0.5) is 0 Å². The van der Waals surface area contributed by atoms with Crippen LogP contribution in [-0.4, -0.2) is 40.0 Å². The van der Waals surface area contributed by atoms with Crippen molar-refractivity contribution >= 4 is 6.08 Å². The Kier molecular flexibility index (Phi) is 6.08. The van der Waals surface area contributed by atoms with Crippen LogP contribution in [0.5, 0.6) is 11.5 Å². The van der Waals surface area contributed by atoms with Gasteiger partial charge in [0.15, 0.2) is 11.5 Å². The van der Waals surface area contributed by atoms with E-state index in [4.69, 9.17) is 14.2 Å². The molecule has 0 unspecified atom stereocenters. The van der Waals surface area contributed by atoms with Crippen LogP contribution in [-0.2, 0) is 4.74 Å². The number of nitrogens with one attached hydrogen (secondary N) is 1. The zero-order valence-corrected chi connectivity index (χ0v) is 13.1. The third kappa shape index (κ3) is 4.76. The molecular formula is C17H25NO3.